The maximum atomic E-state index is 13.1. The van der Waals surface area contributed by atoms with Crippen LogP contribution in [0.15, 0.2) is 59.8 Å². The van der Waals surface area contributed by atoms with Crippen LogP contribution in [-0.2, 0) is 16.0 Å². The van der Waals surface area contributed by atoms with Crippen LogP contribution in [0, 0.1) is 0 Å². The van der Waals surface area contributed by atoms with Crippen LogP contribution in [-0.4, -0.2) is 57.5 Å². The number of alkyl halides is 3. The number of tetrazole rings is 1. The van der Waals surface area contributed by atoms with E-state index in [9.17, 15) is 18.0 Å². The van der Waals surface area contributed by atoms with Gasteiger partial charge < -0.3 is 10.2 Å². The second kappa shape index (κ2) is 9.02. The highest BCUT2D eigenvalue weighted by Crippen LogP contribution is 2.32. The third kappa shape index (κ3) is 4.87. The number of hydrogen-bond donors (Lipinski definition) is 2. The molecular weight excluding hydrogens is 437 g/mol. The Bertz CT molecular complexity index is 1160. The number of halogens is 3. The van der Waals surface area contributed by atoms with E-state index in [0.717, 1.165) is 27.3 Å². The molecule has 33 heavy (non-hydrogen) atoms. The Morgan fingerprint density at radius 3 is 2.42 bits per heavy atom. The fourth-order valence-electron chi connectivity index (χ4n) is 3.96. The van der Waals surface area contributed by atoms with Crippen LogP contribution in [0.4, 0.5) is 13.2 Å². The van der Waals surface area contributed by atoms with Crippen molar-refractivity contribution in [3.63, 3.8) is 0 Å². The summed E-state index contributed by atoms with van der Waals surface area (Å²) >= 11 is 0. The maximum Gasteiger partial charge on any atom is 0.403 e. The zero-order valence-electron chi connectivity index (χ0n) is 17.8. The third-order valence-electron chi connectivity index (χ3n) is 5.39. The Morgan fingerprint density at radius 2 is 1.82 bits per heavy atom. The number of nitrogens with one attached hydrogen (secondary N) is 2. The zero-order chi connectivity index (χ0) is 23.6. The topological polar surface area (TPSA) is 96.0 Å². The van der Waals surface area contributed by atoms with E-state index < -0.39 is 24.7 Å². The Morgan fingerprint density at radius 1 is 1.12 bits per heavy atom. The fourth-order valence-corrected chi connectivity index (χ4v) is 3.96. The van der Waals surface area contributed by atoms with Crippen LogP contribution in [0.25, 0.3) is 22.5 Å². The molecule has 0 saturated heterocycles. The number of aromatic nitrogens is 4. The molecule has 0 aliphatic carbocycles. The number of esters is 1. The Balaban J connectivity index is 1.61. The summed E-state index contributed by atoms with van der Waals surface area (Å²) in [6, 6.07) is 14.1. The number of hydrogen-bond acceptors (Lipinski definition) is 7. The fraction of sp³-hybridized carbons (Fsp3) is 0.273. The van der Waals surface area contributed by atoms with Crippen LogP contribution in [0.3, 0.4) is 0 Å². The molecule has 8 nitrogen and oxygen atoms in total. The zero-order valence-corrected chi connectivity index (χ0v) is 17.8. The summed E-state index contributed by atoms with van der Waals surface area (Å²) in [7, 11) is 1.21. The normalized spacial score (nSPS) is 16.7. The highest BCUT2D eigenvalue weighted by Gasteiger charge is 2.41. The number of carbonyl (C=O) groups is 1. The Kier molecular flexibility index (Phi) is 6.14. The van der Waals surface area contributed by atoms with Crippen molar-refractivity contribution in [2.75, 3.05) is 13.7 Å². The molecule has 0 bridgehead atoms. The summed E-state index contributed by atoms with van der Waals surface area (Å²) in [6.45, 7) is 0.360. The molecule has 2 aromatic carbocycles. The highest BCUT2D eigenvalue weighted by molar-refractivity contribution is 5.91. The van der Waals surface area contributed by atoms with Crippen LogP contribution >= 0.6 is 0 Å². The average molecular weight is 458 g/mol. The minimum Gasteiger partial charge on any atom is -0.466 e. The van der Waals surface area contributed by atoms with Gasteiger partial charge in [0.1, 0.15) is 6.54 Å². The summed E-state index contributed by atoms with van der Waals surface area (Å²) in [5.74, 6) is -0.196. The van der Waals surface area contributed by atoms with Gasteiger partial charge in [-0.15, -0.1) is 10.2 Å². The maximum absolute atomic E-state index is 13.1. The average Bonchev–Trinajstić information content (AvgIpc) is 3.41. The molecule has 1 unspecified atom stereocenters. The van der Waals surface area contributed by atoms with Crippen molar-refractivity contribution < 1.29 is 22.7 Å². The van der Waals surface area contributed by atoms with Gasteiger partial charge in [0.05, 0.1) is 18.7 Å². The first-order valence-corrected chi connectivity index (χ1v) is 10.1. The van der Waals surface area contributed by atoms with Gasteiger partial charge >= 0.3 is 12.1 Å². The van der Waals surface area contributed by atoms with E-state index in [4.69, 9.17) is 4.74 Å². The molecule has 1 aromatic heterocycles. The number of methoxy groups -OCH3 is 1. The van der Waals surface area contributed by atoms with Crippen molar-refractivity contribution >= 4 is 5.97 Å². The lowest BCUT2D eigenvalue weighted by Gasteiger charge is -2.27. The van der Waals surface area contributed by atoms with Crippen molar-refractivity contribution in [1.29, 1.82) is 0 Å². The Labute approximate surface area is 187 Å². The molecule has 0 fully saturated rings. The van der Waals surface area contributed by atoms with Crippen molar-refractivity contribution in [1.82, 2.24) is 31.1 Å². The second-order valence-electron chi connectivity index (χ2n) is 7.58. The van der Waals surface area contributed by atoms with E-state index in [1.54, 1.807) is 6.92 Å². The van der Waals surface area contributed by atoms with Crippen molar-refractivity contribution in [3.05, 3.63) is 65.4 Å². The van der Waals surface area contributed by atoms with E-state index in [0.29, 0.717) is 11.5 Å². The van der Waals surface area contributed by atoms with Crippen molar-refractivity contribution in [2.45, 2.75) is 25.6 Å². The largest absolute Gasteiger partial charge is 0.466 e. The number of H-pyrrole nitrogens is 1. The lowest BCUT2D eigenvalue weighted by molar-refractivity contribution is -0.154. The Hall–Kier alpha value is -3.73. The van der Waals surface area contributed by atoms with Crippen LogP contribution in [0.2, 0.25) is 0 Å². The summed E-state index contributed by atoms with van der Waals surface area (Å²) in [5.41, 5.74) is 6.55. The van der Waals surface area contributed by atoms with Crippen LogP contribution in [0.5, 0.6) is 0 Å². The summed E-state index contributed by atoms with van der Waals surface area (Å²) in [5, 5.41) is 15.1. The minimum absolute atomic E-state index is 0.188. The first-order chi connectivity index (χ1) is 15.8. The molecule has 0 radical (unpaired) electrons. The molecule has 3 aromatic rings. The molecule has 11 heteroatoms. The molecule has 0 saturated carbocycles. The number of hydrazine groups is 1. The van der Waals surface area contributed by atoms with E-state index >= 15 is 0 Å². The van der Waals surface area contributed by atoms with Crippen molar-refractivity contribution in [2.24, 2.45) is 0 Å². The minimum atomic E-state index is -4.43. The van der Waals surface area contributed by atoms with E-state index in [2.05, 4.69) is 26.0 Å². The molecule has 2 N–H and O–H groups in total. The molecule has 172 valence electrons. The highest BCUT2D eigenvalue weighted by atomic mass is 19.4. The molecule has 0 amide bonds. The standard InChI is InChI=1S/C22H21F3N6O2/c1-13-19(21(32)33-2)18(31(28-13)12-22(23,24)25)11-14-7-9-15(10-8-14)16-5-3-4-6-17(16)20-26-29-30-27-20/h3-10,18,28H,11-12H2,1-2H3,(H,26,27,29,30). The summed E-state index contributed by atoms with van der Waals surface area (Å²) < 4.78 is 44.2. The molecule has 1 atom stereocenters. The van der Waals surface area contributed by atoms with Gasteiger partial charge in [-0.2, -0.15) is 18.4 Å². The monoisotopic (exact) mass is 458 g/mol. The molecule has 1 aliphatic heterocycles. The van der Waals surface area contributed by atoms with Crippen LogP contribution in [0.1, 0.15) is 12.5 Å². The van der Waals surface area contributed by atoms with Gasteiger partial charge in [0.2, 0.25) is 5.82 Å². The van der Waals surface area contributed by atoms with E-state index in [1.165, 1.54) is 7.11 Å². The first-order valence-electron chi connectivity index (χ1n) is 10.1. The SMILES string of the molecule is COC(=O)C1=C(C)NN(CC(F)(F)F)C1Cc1ccc(-c2ccccc2-c2nn[nH]n2)cc1. The van der Waals surface area contributed by atoms with Crippen molar-refractivity contribution in [3.8, 4) is 22.5 Å². The number of carbonyl (C=O) groups excluding carboxylic acids is 1. The second-order valence-corrected chi connectivity index (χ2v) is 7.58. The summed E-state index contributed by atoms with van der Waals surface area (Å²) in [6.07, 6.45) is -4.24. The van der Waals surface area contributed by atoms with Gasteiger partial charge in [0.25, 0.3) is 0 Å². The summed E-state index contributed by atoms with van der Waals surface area (Å²) in [4.78, 5) is 12.3. The number of ether oxygens (including phenoxy) is 1. The molecule has 4 rings (SSSR count). The molecule has 1 aliphatic rings. The number of benzene rings is 2. The predicted octanol–water partition coefficient (Wildman–Crippen LogP) is 3.27. The van der Waals surface area contributed by atoms with Gasteiger partial charge in [-0.05, 0) is 35.2 Å². The molecule has 0 spiro atoms. The third-order valence-corrected chi connectivity index (χ3v) is 5.39. The van der Waals surface area contributed by atoms with E-state index in [-0.39, 0.29) is 12.0 Å². The number of nitrogens with zero attached hydrogens (tertiary/aromatic N) is 4. The lowest BCUT2D eigenvalue weighted by Crippen LogP contribution is -2.46. The van der Waals surface area contributed by atoms with E-state index in [1.807, 2.05) is 48.5 Å². The quantitative estimate of drug-likeness (QED) is 0.548. The number of allylic oxidation sites excluding steroid dienone is 1. The molecule has 2 heterocycles. The lowest BCUT2D eigenvalue weighted by atomic mass is 9.95. The smallest absolute Gasteiger partial charge is 0.403 e. The molecular formula is C22H21F3N6O2. The van der Waals surface area contributed by atoms with Gasteiger partial charge in [0, 0.05) is 11.3 Å². The van der Waals surface area contributed by atoms with Gasteiger partial charge in [-0.3, -0.25) is 0 Å². The number of aromatic amines is 1. The number of rotatable bonds is 6. The van der Waals surface area contributed by atoms with Gasteiger partial charge in [-0.25, -0.2) is 9.80 Å². The predicted molar refractivity (Wildman–Crippen MR) is 113 cm³/mol. The first kappa shape index (κ1) is 22.5. The van der Waals surface area contributed by atoms with Gasteiger partial charge in [-0.1, -0.05) is 48.5 Å². The van der Waals surface area contributed by atoms with Crippen LogP contribution < -0.4 is 5.43 Å². The van der Waals surface area contributed by atoms with Gasteiger partial charge in [0.15, 0.2) is 0 Å².